The summed E-state index contributed by atoms with van der Waals surface area (Å²) in [5, 5.41) is 0. The number of ketones is 1. The molecular formula is C12H13NO2. The Bertz CT molecular complexity index is 424. The minimum Gasteiger partial charge on any atom is -0.363 e. The van der Waals surface area contributed by atoms with Gasteiger partial charge in [-0.15, -0.1) is 0 Å². The molecule has 1 aliphatic rings. The summed E-state index contributed by atoms with van der Waals surface area (Å²) in [6, 6.07) is 5.43. The number of fused-ring (bicyclic) bond motifs is 1. The molecule has 2 N–H and O–H groups in total. The fraction of sp³-hybridized carbons (Fsp3) is 0.333. The van der Waals surface area contributed by atoms with Crippen molar-refractivity contribution >= 4 is 11.7 Å². The van der Waals surface area contributed by atoms with E-state index in [9.17, 15) is 9.59 Å². The average Bonchev–Trinajstić information content (AvgIpc) is 2.27. The summed E-state index contributed by atoms with van der Waals surface area (Å²) in [4.78, 5) is 22.1. The number of hydrogen-bond donors (Lipinski definition) is 1. The molecule has 0 fully saturated rings. The van der Waals surface area contributed by atoms with Gasteiger partial charge in [0.2, 0.25) is 5.78 Å². The maximum Gasteiger partial charge on any atom is 0.289 e. The molecule has 1 aromatic rings. The van der Waals surface area contributed by atoms with Crippen LogP contribution in [0.2, 0.25) is 0 Å². The van der Waals surface area contributed by atoms with Gasteiger partial charge in [-0.25, -0.2) is 0 Å². The van der Waals surface area contributed by atoms with Gasteiger partial charge in [0, 0.05) is 5.56 Å². The van der Waals surface area contributed by atoms with Crippen LogP contribution in [0.5, 0.6) is 0 Å². The number of benzene rings is 1. The van der Waals surface area contributed by atoms with E-state index in [1.54, 1.807) is 6.07 Å². The van der Waals surface area contributed by atoms with E-state index in [1.165, 1.54) is 17.5 Å². The highest BCUT2D eigenvalue weighted by Gasteiger charge is 2.15. The van der Waals surface area contributed by atoms with Crippen molar-refractivity contribution in [3.05, 3.63) is 34.9 Å². The van der Waals surface area contributed by atoms with Crippen molar-refractivity contribution in [1.29, 1.82) is 0 Å². The lowest BCUT2D eigenvalue weighted by Gasteiger charge is -2.15. The standard InChI is InChI=1S/C12H13NO2/c13-12(15)11(14)10-6-5-8-3-1-2-4-9(8)7-10/h5-7H,1-4H2,(H2,13,15). The number of carbonyl (C=O) groups is 2. The molecule has 0 heterocycles. The van der Waals surface area contributed by atoms with E-state index in [-0.39, 0.29) is 0 Å². The lowest BCUT2D eigenvalue weighted by atomic mass is 9.90. The van der Waals surface area contributed by atoms with E-state index < -0.39 is 11.7 Å². The molecule has 0 unspecified atom stereocenters. The van der Waals surface area contributed by atoms with Crippen LogP contribution in [0.1, 0.15) is 34.3 Å². The number of aryl methyl sites for hydroxylation is 2. The summed E-state index contributed by atoms with van der Waals surface area (Å²) in [6.07, 6.45) is 4.42. The van der Waals surface area contributed by atoms with Crippen LogP contribution in [-0.4, -0.2) is 11.7 Å². The Hall–Kier alpha value is -1.64. The van der Waals surface area contributed by atoms with Crippen LogP contribution in [0, 0.1) is 0 Å². The first-order chi connectivity index (χ1) is 7.18. The average molecular weight is 203 g/mol. The number of primary amides is 1. The number of hydrogen-bond acceptors (Lipinski definition) is 2. The Morgan fingerprint density at radius 3 is 2.40 bits per heavy atom. The molecule has 0 saturated heterocycles. The van der Waals surface area contributed by atoms with Crippen molar-refractivity contribution in [1.82, 2.24) is 0 Å². The quantitative estimate of drug-likeness (QED) is 0.580. The number of amides is 1. The summed E-state index contributed by atoms with van der Waals surface area (Å²) >= 11 is 0. The molecule has 0 aliphatic heterocycles. The second kappa shape index (κ2) is 3.85. The smallest absolute Gasteiger partial charge is 0.289 e. The molecule has 3 heteroatoms. The molecule has 0 bridgehead atoms. The maximum absolute atomic E-state index is 11.4. The third kappa shape index (κ3) is 1.91. The predicted octanol–water partition coefficient (Wildman–Crippen LogP) is 1.23. The Morgan fingerprint density at radius 1 is 1.07 bits per heavy atom. The van der Waals surface area contributed by atoms with Crippen LogP contribution < -0.4 is 5.73 Å². The van der Waals surface area contributed by atoms with Crippen LogP contribution >= 0.6 is 0 Å². The highest BCUT2D eigenvalue weighted by molar-refractivity contribution is 6.42. The summed E-state index contributed by atoms with van der Waals surface area (Å²) < 4.78 is 0. The van der Waals surface area contributed by atoms with Crippen molar-refractivity contribution in [2.45, 2.75) is 25.7 Å². The highest BCUT2D eigenvalue weighted by Crippen LogP contribution is 2.22. The molecule has 0 spiro atoms. The first-order valence-corrected chi connectivity index (χ1v) is 5.14. The van der Waals surface area contributed by atoms with Crippen molar-refractivity contribution in [2.24, 2.45) is 5.73 Å². The minimum atomic E-state index is -0.884. The SMILES string of the molecule is NC(=O)C(=O)c1ccc2c(c1)CCCC2. The normalized spacial score (nSPS) is 14.4. The van der Waals surface area contributed by atoms with Gasteiger partial charge in [-0.1, -0.05) is 12.1 Å². The van der Waals surface area contributed by atoms with Gasteiger partial charge < -0.3 is 5.73 Å². The Kier molecular flexibility index (Phi) is 2.54. The molecule has 1 aromatic carbocycles. The van der Waals surface area contributed by atoms with Crippen LogP contribution in [0.15, 0.2) is 18.2 Å². The number of rotatable bonds is 2. The van der Waals surface area contributed by atoms with E-state index in [4.69, 9.17) is 5.73 Å². The third-order valence-corrected chi connectivity index (χ3v) is 2.83. The second-order valence-corrected chi connectivity index (χ2v) is 3.88. The number of nitrogens with two attached hydrogens (primary N) is 1. The zero-order valence-corrected chi connectivity index (χ0v) is 8.45. The summed E-state index contributed by atoms with van der Waals surface area (Å²) in [6.45, 7) is 0. The molecule has 1 amide bonds. The Balaban J connectivity index is 2.36. The topological polar surface area (TPSA) is 60.2 Å². The fourth-order valence-corrected chi connectivity index (χ4v) is 2.02. The van der Waals surface area contributed by atoms with Crippen molar-refractivity contribution in [3.8, 4) is 0 Å². The van der Waals surface area contributed by atoms with Gasteiger partial charge in [0.25, 0.3) is 5.91 Å². The molecule has 0 aromatic heterocycles. The van der Waals surface area contributed by atoms with Crippen molar-refractivity contribution < 1.29 is 9.59 Å². The van der Waals surface area contributed by atoms with E-state index in [0.717, 1.165) is 19.3 Å². The summed E-state index contributed by atoms with van der Waals surface area (Å²) in [7, 11) is 0. The van der Waals surface area contributed by atoms with E-state index >= 15 is 0 Å². The minimum absolute atomic E-state index is 0.420. The van der Waals surface area contributed by atoms with Gasteiger partial charge in [-0.05, 0) is 42.9 Å². The second-order valence-electron chi connectivity index (χ2n) is 3.88. The zero-order chi connectivity index (χ0) is 10.8. The van der Waals surface area contributed by atoms with Gasteiger partial charge >= 0.3 is 0 Å². The largest absolute Gasteiger partial charge is 0.363 e. The first-order valence-electron chi connectivity index (χ1n) is 5.14. The maximum atomic E-state index is 11.4. The number of Topliss-reactive ketones (excluding diaryl/α,β-unsaturated/α-hetero) is 1. The van der Waals surface area contributed by atoms with Crippen LogP contribution in [0.25, 0.3) is 0 Å². The van der Waals surface area contributed by atoms with Crippen molar-refractivity contribution in [2.75, 3.05) is 0 Å². The summed E-state index contributed by atoms with van der Waals surface area (Å²) in [5.41, 5.74) is 7.86. The van der Waals surface area contributed by atoms with Crippen LogP contribution in [0.4, 0.5) is 0 Å². The molecule has 0 radical (unpaired) electrons. The fourth-order valence-electron chi connectivity index (χ4n) is 2.02. The Labute approximate surface area is 88.3 Å². The lowest BCUT2D eigenvalue weighted by Crippen LogP contribution is -2.23. The lowest BCUT2D eigenvalue weighted by molar-refractivity contribution is -0.114. The Morgan fingerprint density at radius 2 is 1.73 bits per heavy atom. The van der Waals surface area contributed by atoms with E-state index in [0.29, 0.717) is 5.56 Å². The molecule has 15 heavy (non-hydrogen) atoms. The molecule has 1 aliphatic carbocycles. The van der Waals surface area contributed by atoms with Gasteiger partial charge in [-0.3, -0.25) is 9.59 Å². The van der Waals surface area contributed by atoms with Gasteiger partial charge in [0.1, 0.15) is 0 Å². The summed E-state index contributed by atoms with van der Waals surface area (Å²) in [5.74, 6) is -1.48. The zero-order valence-electron chi connectivity index (χ0n) is 8.45. The van der Waals surface area contributed by atoms with Gasteiger partial charge in [0.15, 0.2) is 0 Å². The molecular weight excluding hydrogens is 190 g/mol. The monoisotopic (exact) mass is 203 g/mol. The van der Waals surface area contributed by atoms with E-state index in [1.807, 2.05) is 12.1 Å². The van der Waals surface area contributed by atoms with Crippen LogP contribution in [0.3, 0.4) is 0 Å². The predicted molar refractivity (Wildman–Crippen MR) is 56.6 cm³/mol. The highest BCUT2D eigenvalue weighted by atomic mass is 16.2. The molecule has 2 rings (SSSR count). The molecule has 3 nitrogen and oxygen atoms in total. The van der Waals surface area contributed by atoms with Crippen molar-refractivity contribution in [3.63, 3.8) is 0 Å². The third-order valence-electron chi connectivity index (χ3n) is 2.83. The number of carbonyl (C=O) groups excluding carboxylic acids is 2. The first kappa shape index (κ1) is 9.90. The molecule has 0 atom stereocenters. The van der Waals surface area contributed by atoms with E-state index in [2.05, 4.69) is 0 Å². The van der Waals surface area contributed by atoms with Crippen LogP contribution in [-0.2, 0) is 17.6 Å². The van der Waals surface area contributed by atoms with Gasteiger partial charge in [-0.2, -0.15) is 0 Å². The molecule has 0 saturated carbocycles. The van der Waals surface area contributed by atoms with Gasteiger partial charge in [0.05, 0.1) is 0 Å². The molecule has 78 valence electrons.